The van der Waals surface area contributed by atoms with E-state index in [2.05, 4.69) is 27.3 Å². The normalized spacial score (nSPS) is 18.9. The highest BCUT2D eigenvalue weighted by Crippen LogP contribution is 2.00. The van der Waals surface area contributed by atoms with Gasteiger partial charge in [0, 0.05) is 57.6 Å². The molecule has 0 radical (unpaired) electrons. The average molecular weight is 279 g/mol. The standard InChI is InChI=1S/C14H25N5O/c1-13(12-19-6-3-5-15-19)16-14(20)4-7-18-10-8-17(2)9-11-18/h3,5-6,13H,4,7-12H2,1-2H3,(H,16,20)/t13-/m0/s1. The fourth-order valence-corrected chi connectivity index (χ4v) is 2.41. The van der Waals surface area contributed by atoms with Gasteiger partial charge in [-0.2, -0.15) is 5.10 Å². The number of carbonyl (C=O) groups is 1. The van der Waals surface area contributed by atoms with Gasteiger partial charge in [0.1, 0.15) is 0 Å². The topological polar surface area (TPSA) is 53.4 Å². The molecule has 0 bridgehead atoms. The van der Waals surface area contributed by atoms with Crippen molar-refractivity contribution in [2.24, 2.45) is 0 Å². The second kappa shape index (κ2) is 7.40. The average Bonchev–Trinajstić information content (AvgIpc) is 2.90. The van der Waals surface area contributed by atoms with Crippen molar-refractivity contribution in [3.63, 3.8) is 0 Å². The molecule has 1 fully saturated rings. The van der Waals surface area contributed by atoms with Crippen molar-refractivity contribution in [1.29, 1.82) is 0 Å². The van der Waals surface area contributed by atoms with Crippen molar-refractivity contribution in [2.45, 2.75) is 25.9 Å². The summed E-state index contributed by atoms with van der Waals surface area (Å²) in [6.07, 6.45) is 4.24. The van der Waals surface area contributed by atoms with Gasteiger partial charge in [-0.15, -0.1) is 0 Å². The zero-order valence-electron chi connectivity index (χ0n) is 12.5. The highest BCUT2D eigenvalue weighted by Gasteiger charge is 2.15. The number of hydrogen-bond donors (Lipinski definition) is 1. The van der Waals surface area contributed by atoms with Gasteiger partial charge in [-0.1, -0.05) is 0 Å². The predicted molar refractivity (Wildman–Crippen MR) is 78.4 cm³/mol. The minimum atomic E-state index is 0.106. The molecule has 1 atom stereocenters. The first-order chi connectivity index (χ1) is 9.63. The van der Waals surface area contributed by atoms with Crippen LogP contribution in [0.3, 0.4) is 0 Å². The van der Waals surface area contributed by atoms with Gasteiger partial charge in [-0.25, -0.2) is 0 Å². The van der Waals surface area contributed by atoms with E-state index in [-0.39, 0.29) is 11.9 Å². The first-order valence-electron chi connectivity index (χ1n) is 7.31. The summed E-state index contributed by atoms with van der Waals surface area (Å²) in [7, 11) is 2.14. The van der Waals surface area contributed by atoms with Crippen molar-refractivity contribution < 1.29 is 4.79 Å². The molecule has 1 aliphatic rings. The molecule has 0 unspecified atom stereocenters. The Bertz CT molecular complexity index is 398. The van der Waals surface area contributed by atoms with Gasteiger partial charge in [0.15, 0.2) is 0 Å². The maximum atomic E-state index is 11.9. The van der Waals surface area contributed by atoms with Crippen LogP contribution >= 0.6 is 0 Å². The van der Waals surface area contributed by atoms with Crippen molar-refractivity contribution in [3.05, 3.63) is 18.5 Å². The molecule has 0 spiro atoms. The lowest BCUT2D eigenvalue weighted by atomic mass is 10.2. The number of carbonyl (C=O) groups excluding carboxylic acids is 1. The van der Waals surface area contributed by atoms with Crippen LogP contribution in [0, 0.1) is 0 Å². The lowest BCUT2D eigenvalue weighted by Gasteiger charge is -2.32. The highest BCUT2D eigenvalue weighted by atomic mass is 16.1. The molecule has 2 rings (SSSR count). The van der Waals surface area contributed by atoms with Gasteiger partial charge in [0.2, 0.25) is 5.91 Å². The molecule has 1 amide bonds. The molecule has 1 aromatic rings. The minimum Gasteiger partial charge on any atom is -0.352 e. The van der Waals surface area contributed by atoms with E-state index in [9.17, 15) is 4.79 Å². The lowest BCUT2D eigenvalue weighted by molar-refractivity contribution is -0.122. The van der Waals surface area contributed by atoms with Crippen LogP contribution in [-0.4, -0.2) is 71.3 Å². The molecule has 20 heavy (non-hydrogen) atoms. The van der Waals surface area contributed by atoms with E-state index in [4.69, 9.17) is 0 Å². The van der Waals surface area contributed by atoms with E-state index >= 15 is 0 Å². The highest BCUT2D eigenvalue weighted by molar-refractivity contribution is 5.76. The molecule has 112 valence electrons. The molecule has 0 saturated carbocycles. The number of amides is 1. The van der Waals surface area contributed by atoms with E-state index in [1.54, 1.807) is 6.20 Å². The summed E-state index contributed by atoms with van der Waals surface area (Å²) in [5, 5.41) is 7.17. The van der Waals surface area contributed by atoms with E-state index in [0.29, 0.717) is 13.0 Å². The SMILES string of the molecule is C[C@@H](Cn1cccn1)NC(=O)CCN1CCN(C)CC1. The minimum absolute atomic E-state index is 0.106. The number of rotatable bonds is 6. The molecular weight excluding hydrogens is 254 g/mol. The summed E-state index contributed by atoms with van der Waals surface area (Å²) >= 11 is 0. The first-order valence-corrected chi connectivity index (χ1v) is 7.31. The van der Waals surface area contributed by atoms with Crippen LogP contribution < -0.4 is 5.32 Å². The zero-order valence-corrected chi connectivity index (χ0v) is 12.5. The molecule has 6 nitrogen and oxygen atoms in total. The number of hydrogen-bond acceptors (Lipinski definition) is 4. The Labute approximate surface area is 120 Å². The molecule has 1 aliphatic heterocycles. The third-order valence-electron chi connectivity index (χ3n) is 3.68. The van der Waals surface area contributed by atoms with Gasteiger partial charge in [-0.3, -0.25) is 9.48 Å². The van der Waals surface area contributed by atoms with Crippen LogP contribution in [0.1, 0.15) is 13.3 Å². The van der Waals surface area contributed by atoms with Crippen molar-refractivity contribution in [1.82, 2.24) is 24.9 Å². The number of piperazine rings is 1. The third-order valence-corrected chi connectivity index (χ3v) is 3.68. The van der Waals surface area contributed by atoms with E-state index in [0.717, 1.165) is 32.7 Å². The third kappa shape index (κ3) is 4.94. The smallest absolute Gasteiger partial charge is 0.221 e. The quantitative estimate of drug-likeness (QED) is 0.798. The Morgan fingerprint density at radius 1 is 1.35 bits per heavy atom. The molecule has 0 aromatic carbocycles. The van der Waals surface area contributed by atoms with Gasteiger partial charge in [0.05, 0.1) is 6.54 Å². The fraction of sp³-hybridized carbons (Fsp3) is 0.714. The van der Waals surface area contributed by atoms with Crippen LogP contribution in [0.4, 0.5) is 0 Å². The summed E-state index contributed by atoms with van der Waals surface area (Å²) in [5.41, 5.74) is 0. The number of likely N-dealkylation sites (N-methyl/N-ethyl adjacent to an activating group) is 1. The fourth-order valence-electron chi connectivity index (χ4n) is 2.41. The maximum absolute atomic E-state index is 11.9. The summed E-state index contributed by atoms with van der Waals surface area (Å²) in [4.78, 5) is 16.6. The van der Waals surface area contributed by atoms with Gasteiger partial charge >= 0.3 is 0 Å². The Morgan fingerprint density at radius 2 is 2.10 bits per heavy atom. The Hall–Kier alpha value is -1.40. The van der Waals surface area contributed by atoms with E-state index in [1.165, 1.54) is 0 Å². The Balaban J connectivity index is 1.62. The summed E-state index contributed by atoms with van der Waals surface area (Å²) in [5.74, 6) is 0.128. The van der Waals surface area contributed by atoms with Crippen LogP contribution in [0.2, 0.25) is 0 Å². The van der Waals surface area contributed by atoms with E-state index in [1.807, 2.05) is 23.9 Å². The molecule has 1 N–H and O–H groups in total. The van der Waals surface area contributed by atoms with Crippen molar-refractivity contribution in [3.8, 4) is 0 Å². The summed E-state index contributed by atoms with van der Waals surface area (Å²) < 4.78 is 1.84. The molecule has 1 saturated heterocycles. The molecular formula is C14H25N5O. The van der Waals surface area contributed by atoms with Crippen LogP contribution in [-0.2, 0) is 11.3 Å². The predicted octanol–water partition coefficient (Wildman–Crippen LogP) is 0.0253. The summed E-state index contributed by atoms with van der Waals surface area (Å²) in [6.45, 7) is 7.89. The summed E-state index contributed by atoms with van der Waals surface area (Å²) in [6, 6.07) is 2.00. The van der Waals surface area contributed by atoms with Gasteiger partial charge < -0.3 is 15.1 Å². The van der Waals surface area contributed by atoms with Crippen LogP contribution in [0.5, 0.6) is 0 Å². The molecule has 2 heterocycles. The van der Waals surface area contributed by atoms with Crippen LogP contribution in [0.25, 0.3) is 0 Å². The molecule has 1 aromatic heterocycles. The Morgan fingerprint density at radius 3 is 2.75 bits per heavy atom. The van der Waals surface area contributed by atoms with Gasteiger partial charge in [-0.05, 0) is 20.0 Å². The van der Waals surface area contributed by atoms with Crippen molar-refractivity contribution in [2.75, 3.05) is 39.8 Å². The Kier molecular flexibility index (Phi) is 5.55. The van der Waals surface area contributed by atoms with Gasteiger partial charge in [0.25, 0.3) is 0 Å². The van der Waals surface area contributed by atoms with Crippen molar-refractivity contribution >= 4 is 5.91 Å². The number of nitrogens with zero attached hydrogens (tertiary/aromatic N) is 4. The second-order valence-corrected chi connectivity index (χ2v) is 5.59. The van der Waals surface area contributed by atoms with Crippen LogP contribution in [0.15, 0.2) is 18.5 Å². The first kappa shape index (κ1) is 15.0. The maximum Gasteiger partial charge on any atom is 0.221 e. The lowest BCUT2D eigenvalue weighted by Crippen LogP contribution is -2.46. The largest absolute Gasteiger partial charge is 0.352 e. The second-order valence-electron chi connectivity index (χ2n) is 5.59. The zero-order chi connectivity index (χ0) is 14.4. The molecule has 0 aliphatic carbocycles. The monoisotopic (exact) mass is 279 g/mol. The number of aromatic nitrogens is 2. The number of nitrogens with one attached hydrogen (secondary N) is 1. The van der Waals surface area contributed by atoms with E-state index < -0.39 is 0 Å². The molecule has 6 heteroatoms.